The van der Waals surface area contributed by atoms with Crippen LogP contribution >= 0.6 is 39.9 Å². The van der Waals surface area contributed by atoms with Crippen molar-refractivity contribution in [3.63, 3.8) is 0 Å². The van der Waals surface area contributed by atoms with Crippen LogP contribution in [-0.4, -0.2) is 10.2 Å². The Morgan fingerprint density at radius 1 is 1.22 bits per heavy atom. The van der Waals surface area contributed by atoms with Gasteiger partial charge in [-0.15, -0.1) is 0 Å². The SMILES string of the molecule is O=C1NC(=S)SC1=Cc1cccc(COc2ccccc2Br)c1. The molecule has 0 spiro atoms. The lowest BCUT2D eigenvalue weighted by molar-refractivity contribution is -0.115. The summed E-state index contributed by atoms with van der Waals surface area (Å²) in [6, 6.07) is 15.6. The third-order valence-corrected chi connectivity index (χ3v) is 4.94. The molecule has 116 valence electrons. The molecule has 1 fully saturated rings. The number of nitrogens with one attached hydrogen (secondary N) is 1. The Bertz CT molecular complexity index is 805. The van der Waals surface area contributed by atoms with Gasteiger partial charge >= 0.3 is 0 Å². The number of hydrogen-bond acceptors (Lipinski definition) is 4. The maximum absolute atomic E-state index is 11.7. The fourth-order valence-electron chi connectivity index (χ4n) is 2.07. The van der Waals surface area contributed by atoms with Crippen LogP contribution in [0.3, 0.4) is 0 Å². The number of halogens is 1. The van der Waals surface area contributed by atoms with E-state index < -0.39 is 0 Å². The van der Waals surface area contributed by atoms with E-state index >= 15 is 0 Å². The van der Waals surface area contributed by atoms with Crippen LogP contribution < -0.4 is 10.1 Å². The highest BCUT2D eigenvalue weighted by atomic mass is 79.9. The predicted octanol–water partition coefficient (Wildman–Crippen LogP) is 4.52. The first-order valence-corrected chi connectivity index (χ1v) is 8.85. The maximum atomic E-state index is 11.7. The molecule has 1 amide bonds. The molecule has 0 bridgehead atoms. The average Bonchev–Trinajstić information content (AvgIpc) is 2.84. The molecular weight excluding hydrogens is 394 g/mol. The monoisotopic (exact) mass is 405 g/mol. The largest absolute Gasteiger partial charge is 0.488 e. The zero-order chi connectivity index (χ0) is 16.2. The van der Waals surface area contributed by atoms with Crippen LogP contribution in [0.2, 0.25) is 0 Å². The van der Waals surface area contributed by atoms with Crippen LogP contribution in [0.5, 0.6) is 5.75 Å². The van der Waals surface area contributed by atoms with Gasteiger partial charge in [-0.25, -0.2) is 0 Å². The Morgan fingerprint density at radius 2 is 2.04 bits per heavy atom. The van der Waals surface area contributed by atoms with Gasteiger partial charge in [0.05, 0.1) is 9.38 Å². The molecule has 3 rings (SSSR count). The fraction of sp³-hybridized carbons (Fsp3) is 0.0588. The van der Waals surface area contributed by atoms with Crippen LogP contribution in [0.1, 0.15) is 11.1 Å². The zero-order valence-corrected chi connectivity index (χ0v) is 15.1. The smallest absolute Gasteiger partial charge is 0.263 e. The van der Waals surface area contributed by atoms with Crippen molar-refractivity contribution in [1.29, 1.82) is 0 Å². The van der Waals surface area contributed by atoms with Crippen molar-refractivity contribution in [1.82, 2.24) is 5.32 Å². The zero-order valence-electron chi connectivity index (χ0n) is 11.9. The molecular formula is C17H12BrNO2S2. The van der Waals surface area contributed by atoms with Gasteiger partial charge in [-0.1, -0.05) is 54.3 Å². The van der Waals surface area contributed by atoms with Crippen molar-refractivity contribution in [3.05, 3.63) is 69.0 Å². The second-order valence-corrected chi connectivity index (χ2v) is 7.39. The highest BCUT2D eigenvalue weighted by Crippen LogP contribution is 2.27. The minimum atomic E-state index is -0.144. The number of hydrogen-bond donors (Lipinski definition) is 1. The third-order valence-electron chi connectivity index (χ3n) is 3.12. The standard InChI is InChI=1S/C17H12BrNO2S2/c18-13-6-1-2-7-14(13)21-10-12-5-3-4-11(8-12)9-15-16(20)19-17(22)23-15/h1-9H,10H2,(H,19,20,22). The number of carbonyl (C=O) groups excluding carboxylic acids is 1. The van der Waals surface area contributed by atoms with Gasteiger partial charge in [-0.05, 0) is 51.3 Å². The lowest BCUT2D eigenvalue weighted by Gasteiger charge is -2.08. The van der Waals surface area contributed by atoms with Gasteiger partial charge in [0.1, 0.15) is 16.7 Å². The normalized spacial score (nSPS) is 15.8. The van der Waals surface area contributed by atoms with Crippen LogP contribution in [0.25, 0.3) is 6.08 Å². The number of benzene rings is 2. The summed E-state index contributed by atoms with van der Waals surface area (Å²) in [7, 11) is 0. The number of para-hydroxylation sites is 1. The van der Waals surface area contributed by atoms with E-state index in [4.69, 9.17) is 17.0 Å². The number of carbonyl (C=O) groups is 1. The molecule has 0 atom stereocenters. The first-order valence-electron chi connectivity index (χ1n) is 6.83. The molecule has 3 nitrogen and oxygen atoms in total. The summed E-state index contributed by atoms with van der Waals surface area (Å²) in [5.41, 5.74) is 1.97. The first kappa shape index (κ1) is 16.2. The van der Waals surface area contributed by atoms with Gasteiger partial charge in [0.25, 0.3) is 5.91 Å². The van der Waals surface area contributed by atoms with Gasteiger partial charge in [0.2, 0.25) is 0 Å². The molecule has 1 saturated heterocycles. The summed E-state index contributed by atoms with van der Waals surface area (Å²) in [6.07, 6.45) is 1.83. The molecule has 0 saturated carbocycles. The van der Waals surface area contributed by atoms with Crippen LogP contribution in [-0.2, 0) is 11.4 Å². The van der Waals surface area contributed by atoms with Gasteiger partial charge < -0.3 is 10.1 Å². The van der Waals surface area contributed by atoms with E-state index in [0.717, 1.165) is 21.3 Å². The molecule has 1 aliphatic rings. The van der Waals surface area contributed by atoms with Crippen LogP contribution in [0.15, 0.2) is 57.9 Å². The second kappa shape index (κ2) is 7.29. The topological polar surface area (TPSA) is 38.3 Å². The second-order valence-electron chi connectivity index (χ2n) is 4.82. The highest BCUT2D eigenvalue weighted by molar-refractivity contribution is 9.10. The predicted molar refractivity (Wildman–Crippen MR) is 101 cm³/mol. The van der Waals surface area contributed by atoms with Crippen LogP contribution in [0, 0.1) is 0 Å². The minimum absolute atomic E-state index is 0.144. The van der Waals surface area contributed by atoms with E-state index in [0.29, 0.717) is 15.8 Å². The van der Waals surface area contributed by atoms with E-state index in [1.54, 1.807) is 0 Å². The lowest BCUT2D eigenvalue weighted by Crippen LogP contribution is -2.17. The number of thioether (sulfide) groups is 1. The van der Waals surface area contributed by atoms with E-state index in [9.17, 15) is 4.79 Å². The van der Waals surface area contributed by atoms with E-state index in [1.807, 2.05) is 54.6 Å². The van der Waals surface area contributed by atoms with E-state index in [-0.39, 0.29) is 5.91 Å². The Kier molecular flexibility index (Phi) is 5.15. The molecule has 0 unspecified atom stereocenters. The van der Waals surface area contributed by atoms with E-state index in [2.05, 4.69) is 21.2 Å². The Hall–Kier alpha value is -1.63. The molecule has 0 aliphatic carbocycles. The number of thiocarbonyl (C=S) groups is 1. The lowest BCUT2D eigenvalue weighted by atomic mass is 10.1. The van der Waals surface area contributed by atoms with Gasteiger partial charge in [0.15, 0.2) is 0 Å². The van der Waals surface area contributed by atoms with Gasteiger partial charge in [-0.2, -0.15) is 0 Å². The summed E-state index contributed by atoms with van der Waals surface area (Å²) in [5, 5.41) is 2.61. The maximum Gasteiger partial charge on any atom is 0.263 e. The van der Waals surface area contributed by atoms with Crippen molar-refractivity contribution in [3.8, 4) is 5.75 Å². The quantitative estimate of drug-likeness (QED) is 0.599. The molecule has 1 heterocycles. The summed E-state index contributed by atoms with van der Waals surface area (Å²) in [4.78, 5) is 12.3. The summed E-state index contributed by atoms with van der Waals surface area (Å²) >= 11 is 9.73. The van der Waals surface area contributed by atoms with Gasteiger partial charge in [-0.3, -0.25) is 4.79 Å². The third kappa shape index (κ3) is 4.22. The number of amides is 1. The van der Waals surface area contributed by atoms with Crippen molar-refractivity contribution in [2.75, 3.05) is 0 Å². The summed E-state index contributed by atoms with van der Waals surface area (Å²) in [5.74, 6) is 0.655. The number of ether oxygens (including phenoxy) is 1. The van der Waals surface area contributed by atoms with Crippen molar-refractivity contribution >= 4 is 56.2 Å². The average molecular weight is 406 g/mol. The highest BCUT2D eigenvalue weighted by Gasteiger charge is 2.21. The molecule has 2 aromatic rings. The van der Waals surface area contributed by atoms with Crippen molar-refractivity contribution in [2.45, 2.75) is 6.61 Å². The summed E-state index contributed by atoms with van der Waals surface area (Å²) < 4.78 is 7.23. The molecule has 0 radical (unpaired) electrons. The Morgan fingerprint density at radius 3 is 2.78 bits per heavy atom. The molecule has 6 heteroatoms. The van der Waals surface area contributed by atoms with Crippen LogP contribution in [0.4, 0.5) is 0 Å². The van der Waals surface area contributed by atoms with Crippen molar-refractivity contribution in [2.24, 2.45) is 0 Å². The first-order chi connectivity index (χ1) is 11.1. The van der Waals surface area contributed by atoms with E-state index in [1.165, 1.54) is 11.8 Å². The summed E-state index contributed by atoms with van der Waals surface area (Å²) in [6.45, 7) is 0.456. The molecule has 1 aliphatic heterocycles. The van der Waals surface area contributed by atoms with Crippen molar-refractivity contribution < 1.29 is 9.53 Å². The molecule has 1 N–H and O–H groups in total. The number of rotatable bonds is 4. The van der Waals surface area contributed by atoms with Gasteiger partial charge in [0, 0.05) is 0 Å². The fourth-order valence-corrected chi connectivity index (χ4v) is 3.51. The molecule has 2 aromatic carbocycles. The Labute approximate surface area is 152 Å². The minimum Gasteiger partial charge on any atom is -0.488 e. The Balaban J connectivity index is 1.73. The molecule has 0 aromatic heterocycles. The molecule has 23 heavy (non-hydrogen) atoms.